The SMILES string of the molecule is CC(C)c1ccc(-c2cccc3[cH-]c(C4CCCC4)cc23)cc1.C[Si]C.Cc1cc2c(-c3ccc(C(C)(C)C)cc3)cccc2[cH-]1.[Cl][Zr+2][Cl]. The molecule has 0 amide bonds. The summed E-state index contributed by atoms with van der Waals surface area (Å²) in [5.41, 5.74) is 11.2. The van der Waals surface area contributed by atoms with Gasteiger partial charge >= 0.3 is 37.9 Å². The van der Waals surface area contributed by atoms with Gasteiger partial charge in [0.25, 0.3) is 0 Å². The van der Waals surface area contributed by atoms with E-state index < -0.39 is 20.8 Å². The van der Waals surface area contributed by atoms with Crippen molar-refractivity contribution in [3.05, 3.63) is 131 Å². The predicted octanol–water partition coefficient (Wildman–Crippen LogP) is 15.0. The molecule has 0 bridgehead atoms. The van der Waals surface area contributed by atoms with Crippen molar-refractivity contribution in [2.75, 3.05) is 0 Å². The Morgan fingerprint density at radius 1 is 0.714 bits per heavy atom. The zero-order valence-electron chi connectivity index (χ0n) is 30.6. The maximum atomic E-state index is 4.93. The van der Waals surface area contributed by atoms with Gasteiger partial charge < -0.3 is 0 Å². The first-order valence-corrected chi connectivity index (χ1v) is 25.9. The second-order valence-corrected chi connectivity index (χ2v) is 19.3. The summed E-state index contributed by atoms with van der Waals surface area (Å²) in [6.07, 6.45) is 5.54. The molecule has 0 aromatic heterocycles. The summed E-state index contributed by atoms with van der Waals surface area (Å²) in [5, 5.41) is 5.51. The number of aryl methyl sites for hydroxylation is 1. The summed E-state index contributed by atoms with van der Waals surface area (Å²) in [6.45, 7) is 17.7. The zero-order chi connectivity index (χ0) is 35.6. The molecule has 2 radical (unpaired) electrons. The minimum absolute atomic E-state index is 0.210. The molecule has 0 heterocycles. The third-order valence-electron chi connectivity index (χ3n) is 9.44. The van der Waals surface area contributed by atoms with Crippen LogP contribution in [0.5, 0.6) is 0 Å². The van der Waals surface area contributed by atoms with Crippen LogP contribution in [0.15, 0.2) is 109 Å². The molecule has 7 rings (SSSR count). The fourth-order valence-electron chi connectivity index (χ4n) is 6.84. The summed E-state index contributed by atoms with van der Waals surface area (Å²) in [4.78, 5) is 0. The van der Waals surface area contributed by atoms with Crippen LogP contribution >= 0.6 is 17.0 Å². The average molecular weight is 783 g/mol. The molecular formula is C45H52Cl2SiZr. The van der Waals surface area contributed by atoms with Crippen LogP contribution in [-0.4, -0.2) is 9.52 Å². The summed E-state index contributed by atoms with van der Waals surface area (Å²) in [7, 11) is 11.0. The van der Waals surface area contributed by atoms with E-state index in [1.165, 1.54) is 86.2 Å². The van der Waals surface area contributed by atoms with Crippen molar-refractivity contribution in [2.45, 2.75) is 97.6 Å². The number of rotatable bonds is 4. The van der Waals surface area contributed by atoms with Gasteiger partial charge in [0, 0.05) is 9.52 Å². The van der Waals surface area contributed by atoms with Crippen LogP contribution < -0.4 is 0 Å². The fourth-order valence-corrected chi connectivity index (χ4v) is 6.84. The number of benzene rings is 4. The van der Waals surface area contributed by atoms with Crippen LogP contribution in [0.3, 0.4) is 0 Å². The van der Waals surface area contributed by atoms with Gasteiger partial charge in [-0.3, -0.25) is 0 Å². The first kappa shape index (κ1) is 39.6. The van der Waals surface area contributed by atoms with E-state index >= 15 is 0 Å². The van der Waals surface area contributed by atoms with E-state index in [4.69, 9.17) is 17.0 Å². The molecule has 6 aromatic rings. The van der Waals surface area contributed by atoms with Gasteiger partial charge in [0.15, 0.2) is 0 Å². The Kier molecular flexibility index (Phi) is 15.2. The molecule has 1 aliphatic rings. The molecule has 4 heteroatoms. The first-order valence-electron chi connectivity index (χ1n) is 17.6. The molecule has 1 saturated carbocycles. The Balaban J connectivity index is 0.000000192. The molecule has 0 saturated heterocycles. The van der Waals surface area contributed by atoms with E-state index in [1.54, 1.807) is 5.56 Å². The normalized spacial score (nSPS) is 12.9. The Bertz CT molecular complexity index is 1860. The van der Waals surface area contributed by atoms with Gasteiger partial charge in [0.2, 0.25) is 0 Å². The molecule has 0 atom stereocenters. The van der Waals surface area contributed by atoms with Gasteiger partial charge in [-0.15, -0.1) is 69.1 Å². The molecule has 0 aliphatic heterocycles. The van der Waals surface area contributed by atoms with Crippen LogP contribution in [0.2, 0.25) is 13.1 Å². The molecule has 0 unspecified atom stereocenters. The van der Waals surface area contributed by atoms with Crippen molar-refractivity contribution < 1.29 is 20.8 Å². The molecule has 0 spiro atoms. The monoisotopic (exact) mass is 780 g/mol. The van der Waals surface area contributed by atoms with Gasteiger partial charge in [-0.25, -0.2) is 0 Å². The van der Waals surface area contributed by atoms with E-state index in [2.05, 4.69) is 164 Å². The average Bonchev–Trinajstić information content (AvgIpc) is 3.85. The second-order valence-electron chi connectivity index (χ2n) is 14.6. The summed E-state index contributed by atoms with van der Waals surface area (Å²) in [5.74, 6) is 1.38. The Morgan fingerprint density at radius 2 is 1.18 bits per heavy atom. The molecule has 254 valence electrons. The quantitative estimate of drug-likeness (QED) is 0.123. The Labute approximate surface area is 317 Å². The molecule has 1 fully saturated rings. The number of halogens is 2. The van der Waals surface area contributed by atoms with E-state index in [-0.39, 0.29) is 5.41 Å². The fraction of sp³-hybridized carbons (Fsp3) is 0.333. The van der Waals surface area contributed by atoms with Gasteiger partial charge in [-0.1, -0.05) is 139 Å². The molecule has 1 aliphatic carbocycles. The van der Waals surface area contributed by atoms with Crippen LogP contribution in [0.4, 0.5) is 0 Å². The van der Waals surface area contributed by atoms with Crippen LogP contribution in [0, 0.1) is 6.92 Å². The summed E-state index contributed by atoms with van der Waals surface area (Å²) < 4.78 is 0. The topological polar surface area (TPSA) is 0 Å². The Hall–Kier alpha value is -2.22. The second kappa shape index (κ2) is 18.9. The molecule has 0 nitrogen and oxygen atoms in total. The first-order chi connectivity index (χ1) is 23.5. The van der Waals surface area contributed by atoms with E-state index in [9.17, 15) is 0 Å². The van der Waals surface area contributed by atoms with Crippen LogP contribution in [0.25, 0.3) is 43.8 Å². The maximum absolute atomic E-state index is 4.93. The predicted molar refractivity (Wildman–Crippen MR) is 218 cm³/mol. The van der Waals surface area contributed by atoms with Crippen molar-refractivity contribution in [1.29, 1.82) is 0 Å². The van der Waals surface area contributed by atoms with E-state index in [1.807, 2.05) is 0 Å². The molecule has 0 N–H and O–H groups in total. The zero-order valence-corrected chi connectivity index (χ0v) is 35.6. The van der Waals surface area contributed by atoms with E-state index in [0.29, 0.717) is 5.92 Å². The van der Waals surface area contributed by atoms with Gasteiger partial charge in [0.05, 0.1) is 0 Å². The van der Waals surface area contributed by atoms with Gasteiger partial charge in [-0.05, 0) is 52.3 Å². The minimum atomic E-state index is -0.826. The van der Waals surface area contributed by atoms with Gasteiger partial charge in [0.1, 0.15) is 0 Å². The molecule has 6 aromatic carbocycles. The number of fused-ring (bicyclic) bond motifs is 2. The number of hydrogen-bond acceptors (Lipinski definition) is 0. The Morgan fingerprint density at radius 3 is 1.67 bits per heavy atom. The molecule has 49 heavy (non-hydrogen) atoms. The third kappa shape index (κ3) is 10.6. The third-order valence-corrected chi connectivity index (χ3v) is 9.44. The summed E-state index contributed by atoms with van der Waals surface area (Å²) >= 11 is -0.826. The van der Waals surface area contributed by atoms with Crippen LogP contribution in [-0.2, 0) is 26.3 Å². The number of hydrogen-bond donors (Lipinski definition) is 0. The van der Waals surface area contributed by atoms with E-state index in [0.717, 1.165) is 15.4 Å². The molecular weight excluding hydrogens is 731 g/mol. The van der Waals surface area contributed by atoms with Crippen molar-refractivity contribution in [1.82, 2.24) is 0 Å². The standard InChI is InChI=1S/C23H25.C20H21.C2H6Si.2ClH.Zr/c1-16(2)17-10-12-19(13-11-17)22-9-5-8-20-14-21(15-23(20)22)18-6-3-4-7-18;1-14-12-16-6-5-7-18(19(16)13-14)15-8-10-17(11-9-15)20(2,3)4;1-3-2;;;/h5,8-16,18H,3-4,6-7H2,1-2H3;5-13H,1-4H3;1-2H3;2*1H;/q2*-1;;;;+4/p-2. The summed E-state index contributed by atoms with van der Waals surface area (Å²) in [6, 6.07) is 40.8. The van der Waals surface area contributed by atoms with Crippen molar-refractivity contribution in [2.24, 2.45) is 0 Å². The van der Waals surface area contributed by atoms with Crippen molar-refractivity contribution in [3.63, 3.8) is 0 Å². The van der Waals surface area contributed by atoms with Crippen molar-refractivity contribution >= 4 is 48.1 Å². The van der Waals surface area contributed by atoms with Crippen molar-refractivity contribution in [3.8, 4) is 22.3 Å². The van der Waals surface area contributed by atoms with Gasteiger partial charge in [-0.2, -0.15) is 12.1 Å². The van der Waals surface area contributed by atoms with Crippen LogP contribution in [0.1, 0.15) is 94.4 Å².